The maximum atomic E-state index is 12.2. The lowest BCUT2D eigenvalue weighted by molar-refractivity contribution is 0.0803. The van der Waals surface area contributed by atoms with Crippen LogP contribution in [0.15, 0.2) is 30.3 Å². The SMILES string of the molecule is CNCc1cc2ccccc2c(OCC(F)F)n1. The van der Waals surface area contributed by atoms with E-state index in [1.807, 2.05) is 30.3 Å². The highest BCUT2D eigenvalue weighted by Gasteiger charge is 2.09. The number of hydrogen-bond donors (Lipinski definition) is 1. The van der Waals surface area contributed by atoms with Gasteiger partial charge in [0, 0.05) is 11.9 Å². The maximum Gasteiger partial charge on any atom is 0.272 e. The molecule has 1 aromatic carbocycles. The van der Waals surface area contributed by atoms with Crippen LogP contribution < -0.4 is 10.1 Å². The molecule has 0 fully saturated rings. The zero-order valence-electron chi connectivity index (χ0n) is 9.99. The molecule has 0 amide bonds. The summed E-state index contributed by atoms with van der Waals surface area (Å²) in [5.41, 5.74) is 0.764. The second-order valence-electron chi connectivity index (χ2n) is 3.87. The third-order valence-corrected chi connectivity index (χ3v) is 2.46. The molecule has 0 saturated heterocycles. The van der Waals surface area contributed by atoms with Gasteiger partial charge in [-0.25, -0.2) is 13.8 Å². The summed E-state index contributed by atoms with van der Waals surface area (Å²) in [6.07, 6.45) is -2.50. The van der Waals surface area contributed by atoms with Gasteiger partial charge < -0.3 is 10.1 Å². The first-order valence-corrected chi connectivity index (χ1v) is 5.65. The molecule has 0 spiro atoms. The molecule has 0 bridgehead atoms. The molecule has 0 aliphatic carbocycles. The van der Waals surface area contributed by atoms with Crippen LogP contribution in [0.5, 0.6) is 5.88 Å². The van der Waals surface area contributed by atoms with E-state index in [0.717, 1.165) is 16.5 Å². The topological polar surface area (TPSA) is 34.1 Å². The molecule has 0 atom stereocenters. The third-order valence-electron chi connectivity index (χ3n) is 2.46. The van der Waals surface area contributed by atoms with E-state index in [4.69, 9.17) is 4.74 Å². The highest BCUT2D eigenvalue weighted by Crippen LogP contribution is 2.24. The first-order chi connectivity index (χ1) is 8.70. The molecule has 2 aromatic rings. The summed E-state index contributed by atoms with van der Waals surface area (Å²) < 4.78 is 29.5. The van der Waals surface area contributed by atoms with E-state index in [9.17, 15) is 8.78 Å². The number of benzene rings is 1. The summed E-state index contributed by atoms with van der Waals surface area (Å²) in [5, 5.41) is 4.66. The second-order valence-corrected chi connectivity index (χ2v) is 3.87. The van der Waals surface area contributed by atoms with Gasteiger partial charge in [-0.15, -0.1) is 0 Å². The van der Waals surface area contributed by atoms with Crippen molar-refractivity contribution < 1.29 is 13.5 Å². The first kappa shape index (κ1) is 12.7. The van der Waals surface area contributed by atoms with Crippen molar-refractivity contribution in [3.8, 4) is 5.88 Å². The zero-order valence-corrected chi connectivity index (χ0v) is 9.99. The molecule has 0 unspecified atom stereocenters. The quantitative estimate of drug-likeness (QED) is 0.888. The van der Waals surface area contributed by atoms with E-state index in [-0.39, 0.29) is 5.88 Å². The van der Waals surface area contributed by atoms with Gasteiger partial charge in [0.2, 0.25) is 5.88 Å². The molecular weight excluding hydrogens is 238 g/mol. The van der Waals surface area contributed by atoms with Crippen LogP contribution in [0.4, 0.5) is 8.78 Å². The Bertz CT molecular complexity index is 531. The highest BCUT2D eigenvalue weighted by atomic mass is 19.3. The number of aromatic nitrogens is 1. The number of fused-ring (bicyclic) bond motifs is 1. The van der Waals surface area contributed by atoms with E-state index in [1.165, 1.54) is 0 Å². The Hall–Kier alpha value is -1.75. The van der Waals surface area contributed by atoms with E-state index >= 15 is 0 Å². The number of nitrogens with zero attached hydrogens (tertiary/aromatic N) is 1. The zero-order chi connectivity index (χ0) is 13.0. The number of nitrogens with one attached hydrogen (secondary N) is 1. The minimum atomic E-state index is -2.50. The fraction of sp³-hybridized carbons (Fsp3) is 0.308. The first-order valence-electron chi connectivity index (χ1n) is 5.65. The van der Waals surface area contributed by atoms with Crippen LogP contribution in [-0.2, 0) is 6.54 Å². The number of pyridine rings is 1. The van der Waals surface area contributed by atoms with Crippen molar-refractivity contribution in [1.82, 2.24) is 10.3 Å². The largest absolute Gasteiger partial charge is 0.471 e. The van der Waals surface area contributed by atoms with Crippen LogP contribution in [0, 0.1) is 0 Å². The average Bonchev–Trinajstić information content (AvgIpc) is 2.36. The highest BCUT2D eigenvalue weighted by molar-refractivity contribution is 5.87. The average molecular weight is 252 g/mol. The predicted molar refractivity (Wildman–Crippen MR) is 66.0 cm³/mol. The van der Waals surface area contributed by atoms with Gasteiger partial charge in [0.15, 0.2) is 6.61 Å². The monoisotopic (exact) mass is 252 g/mol. The Morgan fingerprint density at radius 3 is 2.83 bits per heavy atom. The molecule has 96 valence electrons. The third kappa shape index (κ3) is 2.92. The lowest BCUT2D eigenvalue weighted by Gasteiger charge is -2.10. The second kappa shape index (κ2) is 5.73. The Morgan fingerprint density at radius 2 is 2.11 bits per heavy atom. The van der Waals surface area contributed by atoms with Crippen molar-refractivity contribution in [2.45, 2.75) is 13.0 Å². The number of halogens is 2. The van der Waals surface area contributed by atoms with E-state index in [2.05, 4.69) is 10.3 Å². The molecule has 5 heteroatoms. The number of rotatable bonds is 5. The molecular formula is C13H14F2N2O. The van der Waals surface area contributed by atoms with Crippen molar-refractivity contribution in [2.75, 3.05) is 13.7 Å². The van der Waals surface area contributed by atoms with E-state index in [1.54, 1.807) is 7.05 Å². The fourth-order valence-electron chi connectivity index (χ4n) is 1.74. The van der Waals surface area contributed by atoms with Gasteiger partial charge in [0.1, 0.15) is 0 Å². The smallest absolute Gasteiger partial charge is 0.272 e. The molecule has 0 radical (unpaired) electrons. The molecule has 0 aliphatic rings. The Morgan fingerprint density at radius 1 is 1.33 bits per heavy atom. The van der Waals surface area contributed by atoms with Crippen molar-refractivity contribution in [3.05, 3.63) is 36.0 Å². The van der Waals surface area contributed by atoms with Gasteiger partial charge in [-0.3, -0.25) is 0 Å². The summed E-state index contributed by atoms with van der Waals surface area (Å²) in [6.45, 7) is -0.0735. The van der Waals surface area contributed by atoms with Crippen LogP contribution >= 0.6 is 0 Å². The summed E-state index contributed by atoms with van der Waals surface area (Å²) >= 11 is 0. The molecule has 2 rings (SSSR count). The van der Waals surface area contributed by atoms with Gasteiger partial charge in [-0.1, -0.05) is 18.2 Å². The summed E-state index contributed by atoms with van der Waals surface area (Å²) in [5.74, 6) is 0.263. The van der Waals surface area contributed by atoms with Gasteiger partial charge >= 0.3 is 0 Å². The minimum absolute atomic E-state index is 0.263. The van der Waals surface area contributed by atoms with E-state index in [0.29, 0.717) is 6.54 Å². The normalized spacial score (nSPS) is 11.1. The molecule has 1 aromatic heterocycles. The van der Waals surface area contributed by atoms with Gasteiger partial charge in [0.25, 0.3) is 6.43 Å². The minimum Gasteiger partial charge on any atom is -0.471 e. The van der Waals surface area contributed by atoms with Crippen molar-refractivity contribution in [2.24, 2.45) is 0 Å². The molecule has 3 nitrogen and oxygen atoms in total. The van der Waals surface area contributed by atoms with Crippen LogP contribution in [0.3, 0.4) is 0 Å². The molecule has 18 heavy (non-hydrogen) atoms. The fourth-order valence-corrected chi connectivity index (χ4v) is 1.74. The van der Waals surface area contributed by atoms with E-state index < -0.39 is 13.0 Å². The number of ether oxygens (including phenoxy) is 1. The van der Waals surface area contributed by atoms with Gasteiger partial charge in [0.05, 0.1) is 5.69 Å². The molecule has 1 N–H and O–H groups in total. The van der Waals surface area contributed by atoms with Crippen LogP contribution in [0.1, 0.15) is 5.69 Å². The summed E-state index contributed by atoms with van der Waals surface area (Å²) in [7, 11) is 1.80. The number of alkyl halides is 2. The summed E-state index contributed by atoms with van der Waals surface area (Å²) in [6, 6.07) is 9.36. The lowest BCUT2D eigenvalue weighted by atomic mass is 10.1. The van der Waals surface area contributed by atoms with Crippen molar-refractivity contribution in [1.29, 1.82) is 0 Å². The maximum absolute atomic E-state index is 12.2. The lowest BCUT2D eigenvalue weighted by Crippen LogP contribution is -2.11. The molecule has 0 aliphatic heterocycles. The van der Waals surface area contributed by atoms with Crippen LogP contribution in [0.2, 0.25) is 0 Å². The number of hydrogen-bond acceptors (Lipinski definition) is 3. The Balaban J connectivity index is 2.40. The van der Waals surface area contributed by atoms with Crippen molar-refractivity contribution >= 4 is 10.8 Å². The Kier molecular flexibility index (Phi) is 4.04. The standard InChI is InChI=1S/C13H14F2N2O/c1-16-7-10-6-9-4-2-3-5-11(9)13(17-10)18-8-12(14)15/h2-6,12,16H,7-8H2,1H3. The van der Waals surface area contributed by atoms with Gasteiger partial charge in [-0.2, -0.15) is 0 Å². The van der Waals surface area contributed by atoms with Crippen molar-refractivity contribution in [3.63, 3.8) is 0 Å². The Labute approximate surface area is 104 Å². The van der Waals surface area contributed by atoms with Crippen LogP contribution in [-0.4, -0.2) is 25.1 Å². The molecule has 1 heterocycles. The molecule has 0 saturated carbocycles. The van der Waals surface area contributed by atoms with Gasteiger partial charge in [-0.05, 0) is 24.6 Å². The predicted octanol–water partition coefficient (Wildman–Crippen LogP) is 2.60. The summed E-state index contributed by atoms with van der Waals surface area (Å²) in [4.78, 5) is 4.24. The van der Waals surface area contributed by atoms with Crippen LogP contribution in [0.25, 0.3) is 10.8 Å².